The summed E-state index contributed by atoms with van der Waals surface area (Å²) in [5.41, 5.74) is 0.815. The van der Waals surface area contributed by atoms with Gasteiger partial charge in [-0.05, 0) is 35.7 Å². The maximum Gasteiger partial charge on any atom is 0.311 e. The van der Waals surface area contributed by atoms with Crippen molar-refractivity contribution < 1.29 is 23.9 Å². The number of carbonyl (C=O) groups is 1. The molecule has 0 fully saturated rings. The predicted molar refractivity (Wildman–Crippen MR) is 107 cm³/mol. The second-order valence-corrected chi connectivity index (χ2v) is 7.10. The van der Waals surface area contributed by atoms with Gasteiger partial charge < -0.3 is 19.5 Å². The van der Waals surface area contributed by atoms with Crippen LogP contribution in [-0.2, 0) is 0 Å². The van der Waals surface area contributed by atoms with Crippen LogP contribution in [0.5, 0.6) is 17.2 Å². The summed E-state index contributed by atoms with van der Waals surface area (Å²) >= 11 is 0. The minimum atomic E-state index is -0.570. The highest BCUT2D eigenvalue weighted by Gasteiger charge is 2.24. The van der Waals surface area contributed by atoms with Crippen molar-refractivity contribution in [2.75, 3.05) is 20.3 Å². The Morgan fingerprint density at radius 1 is 1.14 bits per heavy atom. The molecule has 0 spiro atoms. The van der Waals surface area contributed by atoms with Crippen molar-refractivity contribution in [1.29, 1.82) is 0 Å². The lowest BCUT2D eigenvalue weighted by Gasteiger charge is -2.24. The molecule has 1 heterocycles. The quantitative estimate of drug-likeness (QED) is 0.583. The van der Waals surface area contributed by atoms with Gasteiger partial charge in [-0.3, -0.25) is 14.9 Å². The number of nitrogens with one attached hydrogen (secondary N) is 1. The van der Waals surface area contributed by atoms with Gasteiger partial charge in [-0.15, -0.1) is 0 Å². The number of fused-ring (bicyclic) bond motifs is 1. The highest BCUT2D eigenvalue weighted by molar-refractivity contribution is 5.95. The summed E-state index contributed by atoms with van der Waals surface area (Å²) in [6, 6.07) is 9.46. The average Bonchev–Trinajstić information content (AvgIpc) is 2.95. The molecule has 0 unspecified atom stereocenters. The number of nitrogens with zero attached hydrogens (tertiary/aromatic N) is 1. The molecule has 1 aliphatic rings. The first-order valence-electron chi connectivity index (χ1n) is 9.43. The SMILES string of the molecule is COc1ccc(C(=O)N[C@@H](c2ccc3c(c2)OCCCO3)C(C)C)cc1[N+](=O)[O-]. The van der Waals surface area contributed by atoms with Crippen LogP contribution in [0.3, 0.4) is 0 Å². The van der Waals surface area contributed by atoms with Gasteiger partial charge in [0.2, 0.25) is 0 Å². The van der Waals surface area contributed by atoms with E-state index >= 15 is 0 Å². The lowest BCUT2D eigenvalue weighted by atomic mass is 9.95. The van der Waals surface area contributed by atoms with Gasteiger partial charge in [0.25, 0.3) is 5.91 Å². The van der Waals surface area contributed by atoms with Crippen LogP contribution in [0.2, 0.25) is 0 Å². The van der Waals surface area contributed by atoms with Crippen molar-refractivity contribution in [3.8, 4) is 17.2 Å². The highest BCUT2D eigenvalue weighted by atomic mass is 16.6. The van der Waals surface area contributed by atoms with Crippen molar-refractivity contribution in [3.63, 3.8) is 0 Å². The minimum Gasteiger partial charge on any atom is -0.490 e. The van der Waals surface area contributed by atoms with Crippen LogP contribution < -0.4 is 19.5 Å². The third kappa shape index (κ3) is 4.59. The lowest BCUT2D eigenvalue weighted by Crippen LogP contribution is -2.31. The zero-order chi connectivity index (χ0) is 21.0. The number of carbonyl (C=O) groups excluding carboxylic acids is 1. The molecule has 8 heteroatoms. The number of methoxy groups -OCH3 is 1. The van der Waals surface area contributed by atoms with Crippen LogP contribution >= 0.6 is 0 Å². The van der Waals surface area contributed by atoms with Gasteiger partial charge in [-0.1, -0.05) is 19.9 Å². The second-order valence-electron chi connectivity index (χ2n) is 7.10. The Balaban J connectivity index is 1.86. The van der Waals surface area contributed by atoms with Gasteiger partial charge in [-0.25, -0.2) is 0 Å². The summed E-state index contributed by atoms with van der Waals surface area (Å²) < 4.78 is 16.4. The van der Waals surface area contributed by atoms with E-state index in [0.717, 1.165) is 12.0 Å². The van der Waals surface area contributed by atoms with E-state index in [-0.39, 0.29) is 29.0 Å². The molecule has 29 heavy (non-hydrogen) atoms. The number of nitro groups is 1. The molecular weight excluding hydrogens is 376 g/mol. The number of hydrogen-bond acceptors (Lipinski definition) is 6. The highest BCUT2D eigenvalue weighted by Crippen LogP contribution is 2.34. The summed E-state index contributed by atoms with van der Waals surface area (Å²) in [6.07, 6.45) is 0.810. The Morgan fingerprint density at radius 2 is 1.86 bits per heavy atom. The zero-order valence-electron chi connectivity index (χ0n) is 16.6. The Hall–Kier alpha value is -3.29. The van der Waals surface area contributed by atoms with Gasteiger partial charge in [0, 0.05) is 18.1 Å². The van der Waals surface area contributed by atoms with E-state index in [0.29, 0.717) is 24.7 Å². The Labute approximate surface area is 168 Å². The maximum atomic E-state index is 12.8. The first-order chi connectivity index (χ1) is 13.9. The number of benzene rings is 2. The zero-order valence-corrected chi connectivity index (χ0v) is 16.6. The van der Waals surface area contributed by atoms with Crippen molar-refractivity contribution in [1.82, 2.24) is 5.32 Å². The Bertz CT molecular complexity index is 912. The van der Waals surface area contributed by atoms with Crippen molar-refractivity contribution in [3.05, 3.63) is 57.6 Å². The Morgan fingerprint density at radius 3 is 2.52 bits per heavy atom. The fraction of sp³-hybridized carbons (Fsp3) is 0.381. The third-order valence-corrected chi connectivity index (χ3v) is 4.72. The minimum absolute atomic E-state index is 0.0805. The average molecular weight is 400 g/mol. The molecule has 2 aromatic rings. The van der Waals surface area contributed by atoms with E-state index in [1.54, 1.807) is 0 Å². The summed E-state index contributed by atoms with van der Waals surface area (Å²) in [4.78, 5) is 23.5. The summed E-state index contributed by atoms with van der Waals surface area (Å²) in [5.74, 6) is 1.12. The van der Waals surface area contributed by atoms with Crippen molar-refractivity contribution in [2.24, 2.45) is 5.92 Å². The number of ether oxygens (including phenoxy) is 3. The van der Waals surface area contributed by atoms with E-state index in [9.17, 15) is 14.9 Å². The predicted octanol–water partition coefficient (Wildman–Crippen LogP) is 3.89. The molecule has 0 saturated heterocycles. The van der Waals surface area contributed by atoms with E-state index in [1.807, 2.05) is 32.0 Å². The summed E-state index contributed by atoms with van der Waals surface area (Å²) in [5, 5.41) is 14.2. The van der Waals surface area contributed by atoms with E-state index < -0.39 is 10.8 Å². The third-order valence-electron chi connectivity index (χ3n) is 4.72. The van der Waals surface area contributed by atoms with Gasteiger partial charge in [0.05, 0.1) is 31.3 Å². The molecule has 8 nitrogen and oxygen atoms in total. The first kappa shape index (κ1) is 20.4. The lowest BCUT2D eigenvalue weighted by molar-refractivity contribution is -0.385. The van der Waals surface area contributed by atoms with E-state index in [1.165, 1.54) is 25.3 Å². The van der Waals surface area contributed by atoms with Crippen LogP contribution in [0.1, 0.15) is 42.2 Å². The summed E-state index contributed by atoms with van der Waals surface area (Å²) in [7, 11) is 1.35. The van der Waals surface area contributed by atoms with Gasteiger partial charge >= 0.3 is 5.69 Å². The fourth-order valence-electron chi connectivity index (χ4n) is 3.21. The number of amides is 1. The van der Waals surface area contributed by atoms with Gasteiger partial charge in [0.15, 0.2) is 17.2 Å². The molecule has 2 aromatic carbocycles. The van der Waals surface area contributed by atoms with Crippen LogP contribution in [0.4, 0.5) is 5.69 Å². The Kier molecular flexibility index (Phi) is 6.21. The molecule has 0 saturated carbocycles. The van der Waals surface area contributed by atoms with E-state index in [4.69, 9.17) is 14.2 Å². The molecule has 0 aromatic heterocycles. The molecule has 1 atom stereocenters. The smallest absolute Gasteiger partial charge is 0.311 e. The van der Waals surface area contributed by atoms with E-state index in [2.05, 4.69) is 5.32 Å². The van der Waals surface area contributed by atoms with Gasteiger partial charge in [-0.2, -0.15) is 0 Å². The normalized spacial score (nSPS) is 14.1. The topological polar surface area (TPSA) is 99.9 Å². The molecule has 0 bridgehead atoms. The molecule has 1 N–H and O–H groups in total. The second kappa shape index (κ2) is 8.81. The van der Waals surface area contributed by atoms with Gasteiger partial charge in [0.1, 0.15) is 0 Å². The fourth-order valence-corrected chi connectivity index (χ4v) is 3.21. The molecule has 0 radical (unpaired) electrons. The molecule has 1 aliphatic heterocycles. The van der Waals surface area contributed by atoms with Crippen LogP contribution in [0.15, 0.2) is 36.4 Å². The molecule has 0 aliphatic carbocycles. The standard InChI is InChI=1S/C21H24N2O6/c1-13(2)20(14-5-8-18-19(12-14)29-10-4-9-28-18)22-21(24)15-6-7-17(27-3)16(11-15)23(25)26/h5-8,11-13,20H,4,9-10H2,1-3H3,(H,22,24)/t20-/m1/s1. The largest absolute Gasteiger partial charge is 0.490 e. The van der Waals surface area contributed by atoms with Crippen molar-refractivity contribution in [2.45, 2.75) is 26.3 Å². The molecule has 3 rings (SSSR count). The molecular formula is C21H24N2O6. The van der Waals surface area contributed by atoms with Crippen molar-refractivity contribution >= 4 is 11.6 Å². The molecule has 154 valence electrons. The number of nitro benzene ring substituents is 1. The first-order valence-corrected chi connectivity index (χ1v) is 9.43. The monoisotopic (exact) mass is 400 g/mol. The van der Waals surface area contributed by atoms with Crippen LogP contribution in [-0.4, -0.2) is 31.2 Å². The van der Waals surface area contributed by atoms with Crippen LogP contribution in [0.25, 0.3) is 0 Å². The van der Waals surface area contributed by atoms with Crippen LogP contribution in [0, 0.1) is 16.0 Å². The maximum absolute atomic E-state index is 12.8. The number of rotatable bonds is 6. The summed E-state index contributed by atoms with van der Waals surface area (Å²) in [6.45, 7) is 5.16. The molecule has 1 amide bonds. The number of hydrogen-bond donors (Lipinski definition) is 1.